The maximum absolute atomic E-state index is 10.4. The quantitative estimate of drug-likeness (QED) is 0.721. The Morgan fingerprint density at radius 2 is 2.17 bits per heavy atom. The average molecular weight is 187 g/mol. The second-order valence-corrected chi connectivity index (χ2v) is 3.47. The predicted octanol–water partition coefficient (Wildman–Crippen LogP) is 0.878. The second-order valence-electron chi connectivity index (χ2n) is 2.49. The van der Waals surface area contributed by atoms with E-state index in [1.165, 1.54) is 11.5 Å². The molecule has 2 N–H and O–H groups in total. The van der Waals surface area contributed by atoms with E-state index in [4.69, 9.17) is 10.2 Å². The number of carboxylic acids is 1. The van der Waals surface area contributed by atoms with Crippen molar-refractivity contribution >= 4 is 17.5 Å². The monoisotopic (exact) mass is 187 g/mol. The standard InChI is InChI=1S/C7H9NO3S/c1-3-4(2)12-8-5(3)6(9)7(10)11/h6,9H,1-2H3,(H,10,11). The molecule has 0 bridgehead atoms. The van der Waals surface area contributed by atoms with E-state index >= 15 is 0 Å². The van der Waals surface area contributed by atoms with E-state index in [0.717, 1.165) is 10.4 Å². The number of aromatic nitrogens is 1. The first-order chi connectivity index (χ1) is 5.54. The molecule has 0 aliphatic heterocycles. The third-order valence-electron chi connectivity index (χ3n) is 1.69. The van der Waals surface area contributed by atoms with Gasteiger partial charge in [0.25, 0.3) is 0 Å². The van der Waals surface area contributed by atoms with Crippen LogP contribution in [0.5, 0.6) is 0 Å². The van der Waals surface area contributed by atoms with E-state index in [9.17, 15) is 4.79 Å². The smallest absolute Gasteiger partial charge is 0.338 e. The summed E-state index contributed by atoms with van der Waals surface area (Å²) in [5.74, 6) is -1.26. The Bertz CT molecular complexity index is 308. The van der Waals surface area contributed by atoms with Crippen LogP contribution >= 0.6 is 11.5 Å². The van der Waals surface area contributed by atoms with Crippen molar-refractivity contribution in [3.63, 3.8) is 0 Å². The molecule has 0 amide bonds. The van der Waals surface area contributed by atoms with Crippen molar-refractivity contribution in [2.24, 2.45) is 0 Å². The van der Waals surface area contributed by atoms with Gasteiger partial charge in [0, 0.05) is 4.88 Å². The predicted molar refractivity (Wildman–Crippen MR) is 44.2 cm³/mol. The van der Waals surface area contributed by atoms with Gasteiger partial charge in [-0.25, -0.2) is 4.79 Å². The van der Waals surface area contributed by atoms with Crippen LogP contribution in [0, 0.1) is 13.8 Å². The Hall–Kier alpha value is -0.940. The Morgan fingerprint density at radius 3 is 2.50 bits per heavy atom. The van der Waals surface area contributed by atoms with Gasteiger partial charge < -0.3 is 10.2 Å². The van der Waals surface area contributed by atoms with Crippen LogP contribution in [-0.4, -0.2) is 20.6 Å². The van der Waals surface area contributed by atoms with Crippen LogP contribution in [0.1, 0.15) is 22.2 Å². The molecule has 1 aromatic rings. The molecule has 1 heterocycles. The van der Waals surface area contributed by atoms with Gasteiger partial charge in [-0.05, 0) is 30.9 Å². The van der Waals surface area contributed by atoms with Crippen LogP contribution in [0.25, 0.3) is 0 Å². The number of hydrogen-bond acceptors (Lipinski definition) is 4. The summed E-state index contributed by atoms with van der Waals surface area (Å²) in [6.45, 7) is 3.59. The van der Waals surface area contributed by atoms with Crippen molar-refractivity contribution in [1.82, 2.24) is 4.37 Å². The number of carbonyl (C=O) groups is 1. The van der Waals surface area contributed by atoms with Crippen LogP contribution in [0.2, 0.25) is 0 Å². The van der Waals surface area contributed by atoms with Gasteiger partial charge in [-0.2, -0.15) is 4.37 Å². The highest BCUT2D eigenvalue weighted by Gasteiger charge is 2.21. The molecule has 0 aromatic carbocycles. The van der Waals surface area contributed by atoms with Gasteiger partial charge >= 0.3 is 5.97 Å². The first-order valence-corrected chi connectivity index (χ1v) is 4.15. The zero-order valence-electron chi connectivity index (χ0n) is 6.74. The third-order valence-corrected chi connectivity index (χ3v) is 2.55. The summed E-state index contributed by atoms with van der Waals surface area (Å²) in [6.07, 6.45) is -1.49. The molecule has 66 valence electrons. The Morgan fingerprint density at radius 1 is 1.58 bits per heavy atom. The maximum atomic E-state index is 10.4. The van der Waals surface area contributed by atoms with Crippen LogP contribution in [0.15, 0.2) is 0 Å². The topological polar surface area (TPSA) is 70.4 Å². The Balaban J connectivity index is 3.03. The van der Waals surface area contributed by atoms with Gasteiger partial charge in [-0.1, -0.05) is 0 Å². The van der Waals surface area contributed by atoms with Gasteiger partial charge in [0.1, 0.15) is 0 Å². The van der Waals surface area contributed by atoms with E-state index in [-0.39, 0.29) is 5.69 Å². The summed E-state index contributed by atoms with van der Waals surface area (Å²) in [5, 5.41) is 17.6. The minimum absolute atomic E-state index is 0.255. The Kier molecular flexibility index (Phi) is 2.44. The highest BCUT2D eigenvalue weighted by Crippen LogP contribution is 2.22. The average Bonchev–Trinajstić information content (AvgIpc) is 2.32. The molecule has 1 rings (SSSR count). The molecule has 1 atom stereocenters. The lowest BCUT2D eigenvalue weighted by Gasteiger charge is -2.01. The molecule has 0 aliphatic carbocycles. The molecule has 0 fully saturated rings. The van der Waals surface area contributed by atoms with E-state index in [1.54, 1.807) is 6.92 Å². The largest absolute Gasteiger partial charge is 0.479 e. The first kappa shape index (κ1) is 9.15. The summed E-state index contributed by atoms with van der Waals surface area (Å²) < 4.78 is 3.85. The molecule has 4 nitrogen and oxygen atoms in total. The molecule has 0 aliphatic rings. The van der Waals surface area contributed by atoms with Crippen LogP contribution < -0.4 is 0 Å². The molecule has 0 saturated heterocycles. The molecule has 0 radical (unpaired) electrons. The fourth-order valence-electron chi connectivity index (χ4n) is 0.807. The molecular formula is C7H9NO3S. The minimum atomic E-state index is -1.49. The SMILES string of the molecule is Cc1snc(C(O)C(=O)O)c1C. The number of aliphatic carboxylic acids is 1. The summed E-state index contributed by atoms with van der Waals surface area (Å²) in [7, 11) is 0. The number of aliphatic hydroxyl groups is 1. The lowest BCUT2D eigenvalue weighted by molar-refractivity contribution is -0.147. The second kappa shape index (κ2) is 3.20. The van der Waals surface area contributed by atoms with Crippen LogP contribution in [-0.2, 0) is 4.79 Å². The highest BCUT2D eigenvalue weighted by molar-refractivity contribution is 7.05. The lowest BCUT2D eigenvalue weighted by Crippen LogP contribution is -2.11. The van der Waals surface area contributed by atoms with Gasteiger partial charge in [-0.15, -0.1) is 0 Å². The number of aliphatic hydroxyl groups excluding tert-OH is 1. The van der Waals surface area contributed by atoms with Crippen molar-refractivity contribution in [2.45, 2.75) is 20.0 Å². The lowest BCUT2D eigenvalue weighted by atomic mass is 10.1. The zero-order valence-corrected chi connectivity index (χ0v) is 7.55. The number of carboxylic acid groups (broad SMARTS) is 1. The molecule has 1 aromatic heterocycles. The summed E-state index contributed by atoms with van der Waals surface area (Å²) in [5.41, 5.74) is 1.01. The van der Waals surface area contributed by atoms with E-state index in [1.807, 2.05) is 6.92 Å². The summed E-state index contributed by atoms with van der Waals surface area (Å²) in [4.78, 5) is 11.3. The fourth-order valence-corrected chi connectivity index (χ4v) is 1.52. The van der Waals surface area contributed by atoms with Crippen molar-refractivity contribution in [3.8, 4) is 0 Å². The molecular weight excluding hydrogens is 178 g/mol. The van der Waals surface area contributed by atoms with Crippen molar-refractivity contribution < 1.29 is 15.0 Å². The normalized spacial score (nSPS) is 12.9. The Labute approximate surface area is 73.6 Å². The van der Waals surface area contributed by atoms with Gasteiger partial charge in [0.15, 0.2) is 6.10 Å². The number of nitrogens with zero attached hydrogens (tertiary/aromatic N) is 1. The highest BCUT2D eigenvalue weighted by atomic mass is 32.1. The van der Waals surface area contributed by atoms with Crippen molar-refractivity contribution in [2.75, 3.05) is 0 Å². The van der Waals surface area contributed by atoms with Crippen molar-refractivity contribution in [1.29, 1.82) is 0 Å². The fraction of sp³-hybridized carbons (Fsp3) is 0.429. The van der Waals surface area contributed by atoms with Gasteiger partial charge in [-0.3, -0.25) is 0 Å². The van der Waals surface area contributed by atoms with Gasteiger partial charge in [0.2, 0.25) is 0 Å². The van der Waals surface area contributed by atoms with Crippen molar-refractivity contribution in [3.05, 3.63) is 16.1 Å². The molecule has 1 unspecified atom stereocenters. The van der Waals surface area contributed by atoms with Gasteiger partial charge in [0.05, 0.1) is 5.69 Å². The molecule has 0 saturated carbocycles. The maximum Gasteiger partial charge on any atom is 0.338 e. The minimum Gasteiger partial charge on any atom is -0.479 e. The number of hydrogen-bond donors (Lipinski definition) is 2. The molecule has 12 heavy (non-hydrogen) atoms. The van der Waals surface area contributed by atoms with Crippen LogP contribution in [0.3, 0.4) is 0 Å². The summed E-state index contributed by atoms with van der Waals surface area (Å²) >= 11 is 1.20. The number of aryl methyl sites for hydroxylation is 1. The summed E-state index contributed by atoms with van der Waals surface area (Å²) in [6, 6.07) is 0. The first-order valence-electron chi connectivity index (χ1n) is 3.37. The zero-order chi connectivity index (χ0) is 9.30. The number of rotatable bonds is 2. The van der Waals surface area contributed by atoms with E-state index < -0.39 is 12.1 Å². The molecule has 5 heteroatoms. The van der Waals surface area contributed by atoms with E-state index in [0.29, 0.717) is 0 Å². The van der Waals surface area contributed by atoms with Crippen LogP contribution in [0.4, 0.5) is 0 Å². The van der Waals surface area contributed by atoms with E-state index in [2.05, 4.69) is 4.37 Å². The molecule has 0 spiro atoms. The third kappa shape index (κ3) is 1.46.